The van der Waals surface area contributed by atoms with E-state index >= 15 is 0 Å². The molecule has 1 aromatic rings. The van der Waals surface area contributed by atoms with Gasteiger partial charge in [-0.05, 0) is 18.4 Å². The number of rotatable bonds is 2. The molecule has 0 aliphatic carbocycles. The summed E-state index contributed by atoms with van der Waals surface area (Å²) in [5.74, 6) is -0.449. The fourth-order valence-corrected chi connectivity index (χ4v) is 1.45. The lowest BCUT2D eigenvalue weighted by Crippen LogP contribution is -2.24. The number of aliphatic hydroxyl groups excluding tert-OH is 1. The lowest BCUT2D eigenvalue weighted by molar-refractivity contribution is -0.123. The molecule has 3 nitrogen and oxygen atoms in total. The van der Waals surface area contributed by atoms with Crippen molar-refractivity contribution in [3.05, 3.63) is 15.8 Å². The third kappa shape index (κ3) is 2.20. The summed E-state index contributed by atoms with van der Waals surface area (Å²) >= 11 is 7.04. The molecule has 0 bridgehead atoms. The van der Waals surface area contributed by atoms with Gasteiger partial charge in [-0.3, -0.25) is 4.79 Å². The standard InChI is InChI=1S/C7H8ClNO2S/c1-4(10)7(11)9-5-2-3-12-6(5)8/h2-4,10H,1H3,(H,9,11)/t4-/m1/s1. The Morgan fingerprint density at radius 3 is 2.92 bits per heavy atom. The summed E-state index contributed by atoms with van der Waals surface area (Å²) in [4.78, 5) is 10.9. The Hall–Kier alpha value is -0.580. The predicted octanol–water partition coefficient (Wildman–Crippen LogP) is 1.72. The number of hydrogen-bond donors (Lipinski definition) is 2. The van der Waals surface area contributed by atoms with Gasteiger partial charge in [-0.2, -0.15) is 0 Å². The molecular weight excluding hydrogens is 198 g/mol. The van der Waals surface area contributed by atoms with Crippen LogP contribution in [0, 0.1) is 0 Å². The number of nitrogens with one attached hydrogen (secondary N) is 1. The molecule has 2 N–H and O–H groups in total. The molecule has 0 aliphatic rings. The van der Waals surface area contributed by atoms with Crippen molar-refractivity contribution in [2.75, 3.05) is 5.32 Å². The molecule has 0 unspecified atom stereocenters. The molecule has 5 heteroatoms. The molecule has 0 radical (unpaired) electrons. The molecule has 66 valence electrons. The van der Waals surface area contributed by atoms with Gasteiger partial charge in [-0.15, -0.1) is 11.3 Å². The van der Waals surface area contributed by atoms with Crippen LogP contribution in [0.2, 0.25) is 4.34 Å². The molecule has 0 aromatic carbocycles. The number of hydrogen-bond acceptors (Lipinski definition) is 3. The maximum absolute atomic E-state index is 10.9. The second-order valence-electron chi connectivity index (χ2n) is 2.27. The van der Waals surface area contributed by atoms with Crippen molar-refractivity contribution in [2.24, 2.45) is 0 Å². The number of halogens is 1. The zero-order valence-electron chi connectivity index (χ0n) is 6.37. The van der Waals surface area contributed by atoms with Gasteiger partial charge in [-0.1, -0.05) is 11.6 Å². The van der Waals surface area contributed by atoms with Crippen LogP contribution in [0.1, 0.15) is 6.92 Å². The number of anilines is 1. The van der Waals surface area contributed by atoms with E-state index in [1.54, 1.807) is 11.4 Å². The van der Waals surface area contributed by atoms with E-state index in [0.29, 0.717) is 10.0 Å². The monoisotopic (exact) mass is 205 g/mol. The number of aliphatic hydroxyl groups is 1. The van der Waals surface area contributed by atoms with Crippen LogP contribution in [0.25, 0.3) is 0 Å². The molecule has 1 rings (SSSR count). The van der Waals surface area contributed by atoms with Gasteiger partial charge in [0.2, 0.25) is 0 Å². The first-order valence-corrected chi connectivity index (χ1v) is 4.59. The van der Waals surface area contributed by atoms with Crippen LogP contribution in [-0.4, -0.2) is 17.1 Å². The molecule has 0 spiro atoms. The maximum Gasteiger partial charge on any atom is 0.252 e. The number of amides is 1. The van der Waals surface area contributed by atoms with Crippen LogP contribution in [0.3, 0.4) is 0 Å². The number of carbonyl (C=O) groups excluding carboxylic acids is 1. The third-order valence-electron chi connectivity index (χ3n) is 1.26. The van der Waals surface area contributed by atoms with Gasteiger partial charge >= 0.3 is 0 Å². The number of thiophene rings is 1. The Morgan fingerprint density at radius 2 is 2.50 bits per heavy atom. The molecular formula is C7H8ClNO2S. The molecule has 1 amide bonds. The van der Waals surface area contributed by atoms with Crippen molar-refractivity contribution in [2.45, 2.75) is 13.0 Å². The van der Waals surface area contributed by atoms with Crippen LogP contribution in [0.4, 0.5) is 5.69 Å². The fourth-order valence-electron chi connectivity index (χ4n) is 0.619. The first-order valence-electron chi connectivity index (χ1n) is 3.33. The van der Waals surface area contributed by atoms with Crippen molar-refractivity contribution >= 4 is 34.5 Å². The van der Waals surface area contributed by atoms with Crippen LogP contribution in [0.5, 0.6) is 0 Å². The van der Waals surface area contributed by atoms with Gasteiger partial charge in [0.15, 0.2) is 0 Å². The van der Waals surface area contributed by atoms with E-state index in [2.05, 4.69) is 5.32 Å². The summed E-state index contributed by atoms with van der Waals surface area (Å²) in [6.45, 7) is 1.40. The fraction of sp³-hybridized carbons (Fsp3) is 0.286. The smallest absolute Gasteiger partial charge is 0.252 e. The van der Waals surface area contributed by atoms with Crippen molar-refractivity contribution in [1.82, 2.24) is 0 Å². The lowest BCUT2D eigenvalue weighted by Gasteiger charge is -2.04. The Balaban J connectivity index is 2.64. The minimum Gasteiger partial charge on any atom is -0.384 e. The lowest BCUT2D eigenvalue weighted by atomic mass is 10.4. The van der Waals surface area contributed by atoms with Crippen molar-refractivity contribution < 1.29 is 9.90 Å². The quantitative estimate of drug-likeness (QED) is 0.773. The predicted molar refractivity (Wildman–Crippen MR) is 49.6 cm³/mol. The van der Waals surface area contributed by atoms with Gasteiger partial charge in [-0.25, -0.2) is 0 Å². The van der Waals surface area contributed by atoms with Gasteiger partial charge in [0.25, 0.3) is 5.91 Å². The van der Waals surface area contributed by atoms with E-state index in [9.17, 15) is 4.79 Å². The number of carbonyl (C=O) groups is 1. The highest BCUT2D eigenvalue weighted by molar-refractivity contribution is 7.15. The molecule has 1 atom stereocenters. The first-order chi connectivity index (χ1) is 5.61. The van der Waals surface area contributed by atoms with E-state index < -0.39 is 12.0 Å². The Labute approximate surface area is 79.0 Å². The highest BCUT2D eigenvalue weighted by Crippen LogP contribution is 2.27. The minimum atomic E-state index is -1.01. The SMILES string of the molecule is C[C@@H](O)C(=O)Nc1ccsc1Cl. The highest BCUT2D eigenvalue weighted by Gasteiger charge is 2.10. The Kier molecular flexibility index (Phi) is 3.08. The average molecular weight is 206 g/mol. The van der Waals surface area contributed by atoms with E-state index in [1.165, 1.54) is 18.3 Å². The van der Waals surface area contributed by atoms with E-state index in [0.717, 1.165) is 0 Å². The Bertz CT molecular complexity index is 285. The van der Waals surface area contributed by atoms with E-state index in [1.807, 2.05) is 0 Å². The molecule has 12 heavy (non-hydrogen) atoms. The van der Waals surface area contributed by atoms with Crippen molar-refractivity contribution in [3.63, 3.8) is 0 Å². The first kappa shape index (κ1) is 9.51. The van der Waals surface area contributed by atoms with Crippen LogP contribution >= 0.6 is 22.9 Å². The summed E-state index contributed by atoms with van der Waals surface area (Å²) in [6, 6.07) is 1.69. The van der Waals surface area contributed by atoms with Gasteiger partial charge < -0.3 is 10.4 Å². The van der Waals surface area contributed by atoms with Gasteiger partial charge in [0, 0.05) is 0 Å². The van der Waals surface area contributed by atoms with Gasteiger partial charge in [0.1, 0.15) is 10.4 Å². The minimum absolute atomic E-state index is 0.449. The average Bonchev–Trinajstić information content (AvgIpc) is 2.36. The molecule has 0 aliphatic heterocycles. The van der Waals surface area contributed by atoms with Crippen LogP contribution in [-0.2, 0) is 4.79 Å². The molecule has 1 aromatic heterocycles. The Morgan fingerprint density at radius 1 is 1.83 bits per heavy atom. The second kappa shape index (κ2) is 3.89. The normalized spacial score (nSPS) is 12.6. The molecule has 1 heterocycles. The molecule has 0 saturated carbocycles. The summed E-state index contributed by atoms with van der Waals surface area (Å²) in [7, 11) is 0. The van der Waals surface area contributed by atoms with Crippen molar-refractivity contribution in [1.29, 1.82) is 0 Å². The molecule has 0 saturated heterocycles. The largest absolute Gasteiger partial charge is 0.384 e. The summed E-state index contributed by atoms with van der Waals surface area (Å²) in [6.07, 6.45) is -1.01. The van der Waals surface area contributed by atoms with Gasteiger partial charge in [0.05, 0.1) is 5.69 Å². The van der Waals surface area contributed by atoms with E-state index in [4.69, 9.17) is 16.7 Å². The second-order valence-corrected chi connectivity index (χ2v) is 3.79. The third-order valence-corrected chi connectivity index (χ3v) is 2.43. The maximum atomic E-state index is 10.9. The van der Waals surface area contributed by atoms with Crippen LogP contribution < -0.4 is 5.32 Å². The zero-order chi connectivity index (χ0) is 9.14. The summed E-state index contributed by atoms with van der Waals surface area (Å²) in [5, 5.41) is 13.1. The summed E-state index contributed by atoms with van der Waals surface area (Å²) in [5.41, 5.74) is 0.549. The topological polar surface area (TPSA) is 49.3 Å². The highest BCUT2D eigenvalue weighted by atomic mass is 35.5. The van der Waals surface area contributed by atoms with Crippen molar-refractivity contribution in [3.8, 4) is 0 Å². The van der Waals surface area contributed by atoms with E-state index in [-0.39, 0.29) is 0 Å². The zero-order valence-corrected chi connectivity index (χ0v) is 7.95. The molecule has 0 fully saturated rings. The van der Waals surface area contributed by atoms with Crippen LogP contribution in [0.15, 0.2) is 11.4 Å². The summed E-state index contributed by atoms with van der Waals surface area (Å²) < 4.78 is 0.518.